The maximum absolute atomic E-state index is 12.1. The van der Waals surface area contributed by atoms with Gasteiger partial charge in [-0.25, -0.2) is 0 Å². The summed E-state index contributed by atoms with van der Waals surface area (Å²) in [5.41, 5.74) is 0.845. The lowest BCUT2D eigenvalue weighted by molar-refractivity contribution is -0.150. The molecule has 0 fully saturated rings. The molecule has 2 unspecified atom stereocenters. The van der Waals surface area contributed by atoms with Gasteiger partial charge in [-0.15, -0.1) is 12.6 Å². The summed E-state index contributed by atoms with van der Waals surface area (Å²) in [6.07, 6.45) is 0. The molecule has 7 heteroatoms. The van der Waals surface area contributed by atoms with E-state index >= 15 is 0 Å². The Morgan fingerprint density at radius 1 is 1.32 bits per heavy atom. The number of hydrogen-bond acceptors (Lipinski definition) is 6. The smallest absolute Gasteiger partial charge is 0.319 e. The summed E-state index contributed by atoms with van der Waals surface area (Å²) in [7, 11) is 2.74. The Morgan fingerprint density at radius 2 is 1.95 bits per heavy atom. The van der Waals surface area contributed by atoms with Gasteiger partial charge in [0.05, 0.1) is 30.9 Å². The number of nitrogens with one attached hydrogen (secondary N) is 1. The minimum absolute atomic E-state index is 0.147. The van der Waals surface area contributed by atoms with E-state index in [2.05, 4.69) is 17.9 Å². The van der Waals surface area contributed by atoms with Gasteiger partial charge in [-0.2, -0.15) is 5.26 Å². The molecule has 0 radical (unpaired) electrons. The first kappa shape index (κ1) is 15.9. The van der Waals surface area contributed by atoms with Crippen LogP contribution in [0, 0.1) is 17.2 Å². The number of carbonyl (C=O) groups is 2. The Hall–Kier alpha value is -2.46. The van der Waals surface area contributed by atoms with E-state index in [1.165, 1.54) is 14.2 Å². The standard InChI is InChI=1S/C15H14N2O4S/c1-20-9-5-3-8(4-6-9)11-10(7-16)14(22)17-13(18)12(11)15(19)21-2/h3-6,11-12,22H,1-2H3,(H,17,18). The molecule has 1 heterocycles. The number of methoxy groups -OCH3 is 2. The van der Waals surface area contributed by atoms with Crippen LogP contribution >= 0.6 is 12.6 Å². The van der Waals surface area contributed by atoms with Crippen LogP contribution in [-0.2, 0) is 14.3 Å². The Kier molecular flexibility index (Phi) is 4.73. The van der Waals surface area contributed by atoms with Gasteiger partial charge < -0.3 is 14.8 Å². The van der Waals surface area contributed by atoms with Crippen molar-refractivity contribution in [2.24, 2.45) is 5.92 Å². The molecule has 0 aliphatic carbocycles. The zero-order valence-electron chi connectivity index (χ0n) is 12.0. The number of thiol groups is 1. The minimum atomic E-state index is -1.14. The molecule has 22 heavy (non-hydrogen) atoms. The largest absolute Gasteiger partial charge is 0.497 e. The summed E-state index contributed by atoms with van der Waals surface area (Å²) in [6, 6.07) is 8.82. The topological polar surface area (TPSA) is 88.4 Å². The van der Waals surface area contributed by atoms with Gasteiger partial charge >= 0.3 is 5.97 Å². The molecule has 0 aromatic heterocycles. The fourth-order valence-corrected chi connectivity index (χ4v) is 2.69. The second-order valence-electron chi connectivity index (χ2n) is 4.61. The summed E-state index contributed by atoms with van der Waals surface area (Å²) in [4.78, 5) is 24.1. The summed E-state index contributed by atoms with van der Waals surface area (Å²) < 4.78 is 9.79. The van der Waals surface area contributed by atoms with Crippen molar-refractivity contribution >= 4 is 24.5 Å². The van der Waals surface area contributed by atoms with E-state index in [4.69, 9.17) is 9.47 Å². The van der Waals surface area contributed by atoms with E-state index in [9.17, 15) is 14.9 Å². The molecular weight excluding hydrogens is 304 g/mol. The minimum Gasteiger partial charge on any atom is -0.497 e. The molecule has 0 spiro atoms. The van der Waals surface area contributed by atoms with Gasteiger partial charge in [-0.1, -0.05) is 12.1 Å². The predicted molar refractivity (Wildman–Crippen MR) is 81.0 cm³/mol. The van der Waals surface area contributed by atoms with Gasteiger partial charge in [0.1, 0.15) is 11.7 Å². The number of allylic oxidation sites excluding steroid dienone is 1. The van der Waals surface area contributed by atoms with Crippen molar-refractivity contribution in [3.05, 3.63) is 40.4 Å². The van der Waals surface area contributed by atoms with E-state index in [0.29, 0.717) is 11.3 Å². The number of benzene rings is 1. The third-order valence-electron chi connectivity index (χ3n) is 3.47. The highest BCUT2D eigenvalue weighted by Gasteiger charge is 2.43. The van der Waals surface area contributed by atoms with Gasteiger partial charge in [0.25, 0.3) is 0 Å². The summed E-state index contributed by atoms with van der Waals surface area (Å²) in [5, 5.41) is 11.9. The molecule has 114 valence electrons. The van der Waals surface area contributed by atoms with Crippen molar-refractivity contribution in [1.29, 1.82) is 5.26 Å². The number of hydrogen-bond donors (Lipinski definition) is 2. The quantitative estimate of drug-likeness (QED) is 0.499. The SMILES string of the molecule is COC(=O)C1C(=O)NC(S)=C(C#N)C1c1ccc(OC)cc1. The molecule has 1 aliphatic heterocycles. The highest BCUT2D eigenvalue weighted by Crippen LogP contribution is 2.38. The Morgan fingerprint density at radius 3 is 2.45 bits per heavy atom. The van der Waals surface area contributed by atoms with E-state index in [1.807, 2.05) is 6.07 Å². The first-order chi connectivity index (χ1) is 10.5. The number of carbonyl (C=O) groups excluding carboxylic acids is 2. The predicted octanol–water partition coefficient (Wildman–Crippen LogP) is 1.36. The molecule has 1 aliphatic rings. The monoisotopic (exact) mass is 318 g/mol. The Labute approximate surface area is 133 Å². The van der Waals surface area contributed by atoms with Crippen molar-refractivity contribution in [2.75, 3.05) is 14.2 Å². The lowest BCUT2D eigenvalue weighted by atomic mass is 9.78. The van der Waals surface area contributed by atoms with Crippen LogP contribution in [0.4, 0.5) is 0 Å². The molecular formula is C15H14N2O4S. The van der Waals surface area contributed by atoms with Crippen LogP contribution in [0.5, 0.6) is 5.75 Å². The highest BCUT2D eigenvalue weighted by atomic mass is 32.1. The number of esters is 1. The van der Waals surface area contributed by atoms with Crippen molar-refractivity contribution in [3.63, 3.8) is 0 Å². The molecule has 1 amide bonds. The third kappa shape index (κ3) is 2.78. The van der Waals surface area contributed by atoms with Gasteiger partial charge in [0, 0.05) is 5.92 Å². The van der Waals surface area contributed by atoms with Gasteiger partial charge in [-0.3, -0.25) is 9.59 Å². The van der Waals surface area contributed by atoms with Crippen LogP contribution in [0.25, 0.3) is 0 Å². The van der Waals surface area contributed by atoms with Crippen molar-refractivity contribution in [2.45, 2.75) is 5.92 Å². The van der Waals surface area contributed by atoms with Crippen LogP contribution in [0.15, 0.2) is 34.9 Å². The molecule has 2 atom stereocenters. The van der Waals surface area contributed by atoms with E-state index in [-0.39, 0.29) is 10.6 Å². The lowest BCUT2D eigenvalue weighted by Gasteiger charge is -2.29. The van der Waals surface area contributed by atoms with Gasteiger partial charge in [-0.05, 0) is 17.7 Å². The van der Waals surface area contributed by atoms with E-state index in [1.54, 1.807) is 24.3 Å². The summed E-state index contributed by atoms with van der Waals surface area (Å²) >= 11 is 4.13. The number of nitriles is 1. The second-order valence-corrected chi connectivity index (χ2v) is 5.06. The van der Waals surface area contributed by atoms with E-state index in [0.717, 1.165) is 0 Å². The van der Waals surface area contributed by atoms with Crippen LogP contribution in [0.3, 0.4) is 0 Å². The Balaban J connectivity index is 2.56. The molecule has 1 N–H and O–H groups in total. The van der Waals surface area contributed by atoms with Crippen molar-refractivity contribution in [1.82, 2.24) is 5.32 Å². The molecule has 0 saturated carbocycles. The maximum Gasteiger partial charge on any atom is 0.319 e. The molecule has 2 rings (SSSR count). The van der Waals surface area contributed by atoms with Gasteiger partial charge in [0.15, 0.2) is 0 Å². The van der Waals surface area contributed by atoms with Gasteiger partial charge in [0.2, 0.25) is 5.91 Å². The fourth-order valence-electron chi connectivity index (χ4n) is 2.39. The molecule has 6 nitrogen and oxygen atoms in total. The summed E-state index contributed by atoms with van der Waals surface area (Å²) in [5.74, 6) is -2.50. The maximum atomic E-state index is 12.1. The average Bonchev–Trinajstić information content (AvgIpc) is 2.53. The third-order valence-corrected chi connectivity index (χ3v) is 3.83. The van der Waals surface area contributed by atoms with Crippen LogP contribution < -0.4 is 10.1 Å². The zero-order valence-corrected chi connectivity index (χ0v) is 12.9. The van der Waals surface area contributed by atoms with Crippen LogP contribution in [0.2, 0.25) is 0 Å². The first-order valence-electron chi connectivity index (χ1n) is 6.39. The summed E-state index contributed by atoms with van der Waals surface area (Å²) in [6.45, 7) is 0. The number of rotatable bonds is 3. The second kappa shape index (κ2) is 6.54. The van der Waals surface area contributed by atoms with Crippen molar-refractivity contribution in [3.8, 4) is 11.8 Å². The molecule has 1 aromatic carbocycles. The zero-order chi connectivity index (χ0) is 16.3. The normalized spacial score (nSPS) is 20.9. The number of nitrogens with zero attached hydrogens (tertiary/aromatic N) is 1. The molecule has 0 bridgehead atoms. The average molecular weight is 318 g/mol. The molecule has 0 saturated heterocycles. The Bertz CT molecular complexity index is 676. The van der Waals surface area contributed by atoms with E-state index < -0.39 is 23.7 Å². The first-order valence-corrected chi connectivity index (χ1v) is 6.84. The lowest BCUT2D eigenvalue weighted by Crippen LogP contribution is -2.43. The highest BCUT2D eigenvalue weighted by molar-refractivity contribution is 7.84. The number of ether oxygens (including phenoxy) is 2. The number of amides is 1. The van der Waals surface area contributed by atoms with Crippen LogP contribution in [0.1, 0.15) is 11.5 Å². The van der Waals surface area contributed by atoms with Crippen molar-refractivity contribution < 1.29 is 19.1 Å². The fraction of sp³-hybridized carbons (Fsp3) is 0.267. The van der Waals surface area contributed by atoms with Crippen LogP contribution in [-0.4, -0.2) is 26.1 Å². The molecule has 1 aromatic rings.